The Kier molecular flexibility index (Phi) is 0.716. The number of nitrogens with zero attached hydrogens (tertiary/aromatic N) is 2. The minimum Gasteiger partial charge on any atom is -0.354 e. The average molecular weight is 111 g/mol. The molecule has 0 bridgehead atoms. The quantitative estimate of drug-likeness (QED) is 0.417. The Hall–Kier alpha value is -0.730. The molecule has 0 aromatic heterocycles. The van der Waals surface area contributed by atoms with Crippen LogP contribution < -0.4 is 5.32 Å². The first-order chi connectivity index (χ1) is 3.97. The number of nitrogens with one attached hydrogen (secondary N) is 1. The van der Waals surface area contributed by atoms with Gasteiger partial charge in [0, 0.05) is 19.6 Å². The van der Waals surface area contributed by atoms with E-state index in [-0.39, 0.29) is 0 Å². The molecular formula is C5H9N3. The summed E-state index contributed by atoms with van der Waals surface area (Å²) in [5.41, 5.74) is 0. The zero-order valence-corrected chi connectivity index (χ0v) is 4.72. The van der Waals surface area contributed by atoms with Gasteiger partial charge in [-0.3, -0.25) is 4.99 Å². The van der Waals surface area contributed by atoms with E-state index in [0.29, 0.717) is 0 Å². The van der Waals surface area contributed by atoms with Crippen molar-refractivity contribution in [2.75, 3.05) is 26.2 Å². The van der Waals surface area contributed by atoms with Crippen LogP contribution in [-0.2, 0) is 0 Å². The molecule has 1 saturated heterocycles. The van der Waals surface area contributed by atoms with Crippen LogP contribution in [0.5, 0.6) is 0 Å². The molecule has 2 aliphatic heterocycles. The lowest BCUT2D eigenvalue weighted by Gasteiger charge is -1.99. The van der Waals surface area contributed by atoms with Gasteiger partial charge in [0.2, 0.25) is 0 Å². The van der Waals surface area contributed by atoms with Crippen LogP contribution in [0.1, 0.15) is 0 Å². The van der Waals surface area contributed by atoms with Gasteiger partial charge in [-0.1, -0.05) is 0 Å². The molecular weight excluding hydrogens is 102 g/mol. The third kappa shape index (κ3) is 0.546. The van der Waals surface area contributed by atoms with E-state index in [4.69, 9.17) is 0 Å². The highest BCUT2D eigenvalue weighted by atomic mass is 15.4. The van der Waals surface area contributed by atoms with Crippen LogP contribution in [0.4, 0.5) is 0 Å². The fourth-order valence-corrected chi connectivity index (χ4v) is 0.859. The first kappa shape index (κ1) is 4.18. The number of aliphatic imine (C=N–C) groups is 1. The Balaban J connectivity index is 2.02. The van der Waals surface area contributed by atoms with Crippen molar-refractivity contribution in [2.45, 2.75) is 0 Å². The number of guanidine groups is 1. The smallest absolute Gasteiger partial charge is 0.194 e. The molecule has 1 N–H and O–H groups in total. The second-order valence-electron chi connectivity index (χ2n) is 2.12. The summed E-state index contributed by atoms with van der Waals surface area (Å²) in [6, 6.07) is 0. The molecule has 2 aliphatic rings. The Labute approximate surface area is 48.4 Å². The van der Waals surface area contributed by atoms with Crippen LogP contribution in [-0.4, -0.2) is 37.0 Å². The fourth-order valence-electron chi connectivity index (χ4n) is 0.859. The first-order valence-corrected chi connectivity index (χ1v) is 3.00. The van der Waals surface area contributed by atoms with E-state index in [9.17, 15) is 0 Å². The van der Waals surface area contributed by atoms with Crippen molar-refractivity contribution in [3.8, 4) is 0 Å². The Morgan fingerprint density at radius 3 is 2.88 bits per heavy atom. The van der Waals surface area contributed by atoms with E-state index in [1.807, 2.05) is 0 Å². The summed E-state index contributed by atoms with van der Waals surface area (Å²) in [5.74, 6) is 1.12. The zero-order chi connectivity index (χ0) is 5.40. The highest BCUT2D eigenvalue weighted by Gasteiger charge is 2.23. The number of hydrogen-bond acceptors (Lipinski definition) is 3. The summed E-state index contributed by atoms with van der Waals surface area (Å²) in [6.07, 6.45) is 0. The lowest BCUT2D eigenvalue weighted by molar-refractivity contribution is 0.795. The normalized spacial score (nSPS) is 25.0. The molecule has 0 aromatic carbocycles. The Morgan fingerprint density at radius 2 is 2.38 bits per heavy atom. The van der Waals surface area contributed by atoms with E-state index in [0.717, 1.165) is 19.0 Å². The lowest BCUT2D eigenvalue weighted by atomic mass is 10.7. The molecule has 8 heavy (non-hydrogen) atoms. The second kappa shape index (κ2) is 1.37. The zero-order valence-electron chi connectivity index (χ0n) is 4.72. The molecule has 1 fully saturated rings. The monoisotopic (exact) mass is 111 g/mol. The molecule has 0 aliphatic carbocycles. The Bertz CT molecular complexity index is 126. The maximum absolute atomic E-state index is 4.23. The summed E-state index contributed by atoms with van der Waals surface area (Å²) in [6.45, 7) is 4.40. The van der Waals surface area contributed by atoms with Crippen LogP contribution >= 0.6 is 0 Å². The van der Waals surface area contributed by atoms with Crippen molar-refractivity contribution in [3.05, 3.63) is 0 Å². The summed E-state index contributed by atoms with van der Waals surface area (Å²) in [4.78, 5) is 6.46. The van der Waals surface area contributed by atoms with Gasteiger partial charge >= 0.3 is 0 Å². The molecule has 3 nitrogen and oxygen atoms in total. The third-order valence-electron chi connectivity index (χ3n) is 1.40. The average Bonchev–Trinajstić information content (AvgIpc) is 2.49. The van der Waals surface area contributed by atoms with Gasteiger partial charge in [0.1, 0.15) is 0 Å². The van der Waals surface area contributed by atoms with Crippen molar-refractivity contribution in [3.63, 3.8) is 0 Å². The van der Waals surface area contributed by atoms with Gasteiger partial charge in [0.25, 0.3) is 0 Å². The molecule has 0 amide bonds. The van der Waals surface area contributed by atoms with Crippen LogP contribution in [0.3, 0.4) is 0 Å². The third-order valence-corrected chi connectivity index (χ3v) is 1.40. The van der Waals surface area contributed by atoms with Crippen LogP contribution in [0.2, 0.25) is 0 Å². The molecule has 2 rings (SSSR count). The van der Waals surface area contributed by atoms with Gasteiger partial charge in [0.15, 0.2) is 5.96 Å². The summed E-state index contributed by atoms with van der Waals surface area (Å²) in [7, 11) is 0. The molecule has 0 spiro atoms. The van der Waals surface area contributed by atoms with E-state index < -0.39 is 0 Å². The van der Waals surface area contributed by atoms with Gasteiger partial charge in [-0.15, -0.1) is 0 Å². The van der Waals surface area contributed by atoms with Crippen LogP contribution in [0, 0.1) is 0 Å². The van der Waals surface area contributed by atoms with Crippen molar-refractivity contribution in [1.82, 2.24) is 10.2 Å². The summed E-state index contributed by atoms with van der Waals surface area (Å²) < 4.78 is 0. The largest absolute Gasteiger partial charge is 0.354 e. The molecule has 0 aromatic rings. The van der Waals surface area contributed by atoms with Crippen molar-refractivity contribution >= 4 is 5.96 Å². The highest BCUT2D eigenvalue weighted by molar-refractivity contribution is 5.83. The minimum absolute atomic E-state index is 0.964. The number of hydrogen-bond donors (Lipinski definition) is 1. The van der Waals surface area contributed by atoms with Crippen molar-refractivity contribution < 1.29 is 0 Å². The summed E-state index contributed by atoms with van der Waals surface area (Å²) >= 11 is 0. The fraction of sp³-hybridized carbons (Fsp3) is 0.800. The SMILES string of the molecule is C1CNC(N2CC2)=N1. The minimum atomic E-state index is 0.964. The maximum atomic E-state index is 4.23. The highest BCUT2D eigenvalue weighted by Crippen LogP contribution is 2.04. The number of rotatable bonds is 0. The predicted molar refractivity (Wildman–Crippen MR) is 31.9 cm³/mol. The molecule has 0 radical (unpaired) electrons. The van der Waals surface area contributed by atoms with E-state index in [1.165, 1.54) is 13.1 Å². The van der Waals surface area contributed by atoms with E-state index >= 15 is 0 Å². The molecule has 0 saturated carbocycles. The summed E-state index contributed by atoms with van der Waals surface area (Å²) in [5, 5.41) is 3.19. The van der Waals surface area contributed by atoms with Crippen molar-refractivity contribution in [2.24, 2.45) is 4.99 Å². The van der Waals surface area contributed by atoms with Gasteiger partial charge < -0.3 is 10.2 Å². The second-order valence-corrected chi connectivity index (χ2v) is 2.12. The van der Waals surface area contributed by atoms with Gasteiger partial charge in [-0.2, -0.15) is 0 Å². The van der Waals surface area contributed by atoms with Gasteiger partial charge in [0.05, 0.1) is 6.54 Å². The molecule has 2 heterocycles. The molecule has 0 atom stereocenters. The van der Waals surface area contributed by atoms with Gasteiger partial charge in [-0.05, 0) is 0 Å². The van der Waals surface area contributed by atoms with Crippen LogP contribution in [0.15, 0.2) is 4.99 Å². The van der Waals surface area contributed by atoms with Crippen LogP contribution in [0.25, 0.3) is 0 Å². The maximum Gasteiger partial charge on any atom is 0.194 e. The predicted octanol–water partition coefficient (Wildman–Crippen LogP) is -0.739. The molecule has 0 unspecified atom stereocenters. The lowest BCUT2D eigenvalue weighted by Crippen LogP contribution is -2.25. The molecule has 44 valence electrons. The van der Waals surface area contributed by atoms with Gasteiger partial charge in [-0.25, -0.2) is 0 Å². The topological polar surface area (TPSA) is 27.4 Å². The molecule has 3 heteroatoms. The standard InChI is InChI=1S/C5H9N3/c1-2-7-5(6-1)8-3-4-8/h1-4H2,(H,6,7). The first-order valence-electron chi connectivity index (χ1n) is 3.00. The Morgan fingerprint density at radius 1 is 1.50 bits per heavy atom. The van der Waals surface area contributed by atoms with E-state index in [2.05, 4.69) is 15.2 Å². The van der Waals surface area contributed by atoms with E-state index in [1.54, 1.807) is 0 Å². The van der Waals surface area contributed by atoms with Crippen molar-refractivity contribution in [1.29, 1.82) is 0 Å².